The number of methoxy groups -OCH3 is 1. The van der Waals surface area contributed by atoms with E-state index < -0.39 is 0 Å². The maximum absolute atomic E-state index is 12.8. The highest BCUT2D eigenvalue weighted by Gasteiger charge is 2.19. The molecule has 0 spiro atoms. The van der Waals surface area contributed by atoms with E-state index in [-0.39, 0.29) is 11.9 Å². The molecule has 1 atom stereocenters. The molecule has 1 N–H and O–H groups in total. The topological polar surface area (TPSA) is 80.5 Å². The molecule has 174 valence electrons. The van der Waals surface area contributed by atoms with Crippen molar-refractivity contribution in [2.24, 2.45) is 0 Å². The molecule has 0 radical (unpaired) electrons. The van der Waals surface area contributed by atoms with Crippen LogP contribution in [0.4, 0.5) is 0 Å². The minimum absolute atomic E-state index is 0.0297. The molecular weight excluding hydrogens is 428 g/mol. The summed E-state index contributed by atoms with van der Waals surface area (Å²) in [6.45, 7) is 2.47. The van der Waals surface area contributed by atoms with Crippen LogP contribution in [-0.2, 0) is 0 Å². The molecule has 7 nitrogen and oxygen atoms in total. The highest BCUT2D eigenvalue weighted by molar-refractivity contribution is 5.94. The number of aromatic nitrogens is 2. The predicted octanol–water partition coefficient (Wildman–Crippen LogP) is 4.75. The second-order valence-corrected chi connectivity index (χ2v) is 8.29. The molecule has 7 heteroatoms. The summed E-state index contributed by atoms with van der Waals surface area (Å²) in [5.74, 6) is 1.51. The zero-order valence-electron chi connectivity index (χ0n) is 19.8. The van der Waals surface area contributed by atoms with E-state index in [1.165, 1.54) is 0 Å². The highest BCUT2D eigenvalue weighted by atomic mass is 16.5. The van der Waals surface area contributed by atoms with Crippen LogP contribution in [0, 0.1) is 6.92 Å². The molecule has 0 unspecified atom stereocenters. The highest BCUT2D eigenvalue weighted by Crippen LogP contribution is 2.28. The Labute approximate surface area is 199 Å². The summed E-state index contributed by atoms with van der Waals surface area (Å²) in [6, 6.07) is 22.9. The Balaban J connectivity index is 1.43. The average Bonchev–Trinajstić information content (AvgIpc) is 3.35. The lowest BCUT2D eigenvalue weighted by molar-refractivity contribution is 0.0941. The Morgan fingerprint density at radius 2 is 1.53 bits per heavy atom. The first-order valence-corrected chi connectivity index (χ1v) is 11.0. The van der Waals surface area contributed by atoms with Crippen molar-refractivity contribution in [2.45, 2.75) is 13.0 Å². The number of hydrogen-bond acceptors (Lipinski definition) is 6. The van der Waals surface area contributed by atoms with Gasteiger partial charge in [0.2, 0.25) is 11.8 Å². The van der Waals surface area contributed by atoms with Crippen LogP contribution in [0.3, 0.4) is 0 Å². The summed E-state index contributed by atoms with van der Waals surface area (Å²) >= 11 is 0. The van der Waals surface area contributed by atoms with Gasteiger partial charge in [-0.3, -0.25) is 4.79 Å². The zero-order chi connectivity index (χ0) is 24.1. The number of carbonyl (C=O) groups excluding carboxylic acids is 1. The van der Waals surface area contributed by atoms with Gasteiger partial charge in [0.05, 0.1) is 13.2 Å². The summed E-state index contributed by atoms with van der Waals surface area (Å²) in [5.41, 5.74) is 4.36. The molecule has 0 bridgehead atoms. The molecule has 0 fully saturated rings. The van der Waals surface area contributed by atoms with Crippen molar-refractivity contribution in [3.63, 3.8) is 0 Å². The van der Waals surface area contributed by atoms with Gasteiger partial charge in [-0.1, -0.05) is 35.9 Å². The third-order valence-electron chi connectivity index (χ3n) is 5.69. The number of ether oxygens (including phenoxy) is 1. The Hall–Kier alpha value is -3.97. The Morgan fingerprint density at radius 3 is 2.12 bits per heavy atom. The first-order valence-electron chi connectivity index (χ1n) is 11.0. The average molecular weight is 457 g/mol. The molecule has 4 aromatic rings. The third kappa shape index (κ3) is 5.15. The van der Waals surface area contributed by atoms with Crippen LogP contribution < -0.4 is 10.1 Å². The molecule has 0 saturated heterocycles. The standard InChI is InChI=1S/C27H28N4O3/c1-18-9-11-20(12-10-18)26-29-30-27(34-26)21-15-13-19(14-16-21)25(32)28-17-23(31(2)3)22-7-5-6-8-24(22)33-4/h5-16,23H,17H2,1-4H3,(H,28,32)/t23-/m1/s1. The fourth-order valence-electron chi connectivity index (χ4n) is 3.72. The minimum atomic E-state index is -0.154. The number of hydrogen-bond donors (Lipinski definition) is 1. The van der Waals surface area contributed by atoms with Crippen molar-refractivity contribution in [1.29, 1.82) is 0 Å². The van der Waals surface area contributed by atoms with Crippen LogP contribution in [0.25, 0.3) is 22.9 Å². The predicted molar refractivity (Wildman–Crippen MR) is 132 cm³/mol. The molecule has 34 heavy (non-hydrogen) atoms. The third-order valence-corrected chi connectivity index (χ3v) is 5.69. The van der Waals surface area contributed by atoms with Crippen molar-refractivity contribution >= 4 is 5.91 Å². The number of aryl methyl sites for hydroxylation is 1. The van der Waals surface area contributed by atoms with E-state index in [9.17, 15) is 4.79 Å². The van der Waals surface area contributed by atoms with Gasteiger partial charge in [0.25, 0.3) is 5.91 Å². The van der Waals surface area contributed by atoms with Crippen molar-refractivity contribution < 1.29 is 13.9 Å². The fourth-order valence-corrected chi connectivity index (χ4v) is 3.72. The molecule has 4 rings (SSSR count). The molecular formula is C27H28N4O3. The number of carbonyl (C=O) groups is 1. The normalized spacial score (nSPS) is 11.9. The fraction of sp³-hybridized carbons (Fsp3) is 0.222. The van der Waals surface area contributed by atoms with Crippen molar-refractivity contribution in [3.05, 3.63) is 89.5 Å². The molecule has 1 aromatic heterocycles. The summed E-state index contributed by atoms with van der Waals surface area (Å²) < 4.78 is 11.3. The maximum Gasteiger partial charge on any atom is 0.251 e. The van der Waals surface area contributed by atoms with E-state index in [1.807, 2.05) is 81.7 Å². The smallest absolute Gasteiger partial charge is 0.251 e. The van der Waals surface area contributed by atoms with Crippen LogP contribution in [0.5, 0.6) is 5.75 Å². The molecule has 3 aromatic carbocycles. The van der Waals surface area contributed by atoms with Crippen LogP contribution >= 0.6 is 0 Å². The van der Waals surface area contributed by atoms with Crippen molar-refractivity contribution in [3.8, 4) is 28.7 Å². The van der Waals surface area contributed by atoms with E-state index >= 15 is 0 Å². The first kappa shape index (κ1) is 23.2. The van der Waals surface area contributed by atoms with Gasteiger partial charge >= 0.3 is 0 Å². The molecule has 0 aliphatic rings. The van der Waals surface area contributed by atoms with E-state index in [1.54, 1.807) is 19.2 Å². The lowest BCUT2D eigenvalue weighted by Crippen LogP contribution is -2.34. The largest absolute Gasteiger partial charge is 0.496 e. The SMILES string of the molecule is COc1ccccc1[C@@H](CNC(=O)c1ccc(-c2nnc(-c3ccc(C)cc3)o2)cc1)N(C)C. The van der Waals surface area contributed by atoms with Crippen LogP contribution in [-0.4, -0.2) is 48.8 Å². The van der Waals surface area contributed by atoms with Gasteiger partial charge in [0.1, 0.15) is 5.75 Å². The second-order valence-electron chi connectivity index (χ2n) is 8.29. The molecule has 0 saturated carbocycles. The molecule has 1 amide bonds. The monoisotopic (exact) mass is 456 g/mol. The van der Waals surface area contributed by atoms with Gasteiger partial charge in [-0.15, -0.1) is 10.2 Å². The van der Waals surface area contributed by atoms with Gasteiger partial charge in [0.15, 0.2) is 0 Å². The Morgan fingerprint density at radius 1 is 0.941 bits per heavy atom. The van der Waals surface area contributed by atoms with Crippen molar-refractivity contribution in [1.82, 2.24) is 20.4 Å². The number of likely N-dealkylation sites (N-methyl/N-ethyl adjacent to an activating group) is 1. The summed E-state index contributed by atoms with van der Waals surface area (Å²) in [5, 5.41) is 11.3. The number of nitrogens with zero attached hydrogens (tertiary/aromatic N) is 3. The lowest BCUT2D eigenvalue weighted by atomic mass is 10.0. The van der Waals surface area contributed by atoms with E-state index in [0.717, 1.165) is 28.0 Å². The summed E-state index contributed by atoms with van der Waals surface area (Å²) in [7, 11) is 5.61. The zero-order valence-corrected chi connectivity index (χ0v) is 19.8. The van der Waals surface area contributed by atoms with Crippen LogP contribution in [0.2, 0.25) is 0 Å². The lowest BCUT2D eigenvalue weighted by Gasteiger charge is -2.26. The number of amides is 1. The Bertz CT molecular complexity index is 1250. The van der Waals surface area contributed by atoms with Crippen LogP contribution in [0.1, 0.15) is 27.5 Å². The minimum Gasteiger partial charge on any atom is -0.496 e. The quantitative estimate of drug-likeness (QED) is 0.412. The van der Waals surface area contributed by atoms with E-state index in [2.05, 4.69) is 20.4 Å². The van der Waals surface area contributed by atoms with Crippen LogP contribution in [0.15, 0.2) is 77.2 Å². The van der Waals surface area contributed by atoms with Crippen molar-refractivity contribution in [2.75, 3.05) is 27.7 Å². The van der Waals surface area contributed by atoms with E-state index in [0.29, 0.717) is 23.9 Å². The van der Waals surface area contributed by atoms with E-state index in [4.69, 9.17) is 9.15 Å². The number of para-hydroxylation sites is 1. The summed E-state index contributed by atoms with van der Waals surface area (Å²) in [6.07, 6.45) is 0. The van der Waals surface area contributed by atoms with Gasteiger partial charge in [0, 0.05) is 28.8 Å². The number of benzene rings is 3. The second kappa shape index (κ2) is 10.3. The van der Waals surface area contributed by atoms with Gasteiger partial charge in [-0.05, 0) is 63.5 Å². The van der Waals surface area contributed by atoms with Gasteiger partial charge in [-0.25, -0.2) is 0 Å². The molecule has 0 aliphatic heterocycles. The maximum atomic E-state index is 12.8. The number of nitrogens with one attached hydrogen (secondary N) is 1. The molecule has 0 aliphatic carbocycles. The van der Waals surface area contributed by atoms with Gasteiger partial charge < -0.3 is 19.4 Å². The Kier molecular flexibility index (Phi) is 7.04. The first-order chi connectivity index (χ1) is 16.5. The number of rotatable bonds is 8. The van der Waals surface area contributed by atoms with Gasteiger partial charge in [-0.2, -0.15) is 0 Å². The molecule has 1 heterocycles. The summed E-state index contributed by atoms with van der Waals surface area (Å²) in [4.78, 5) is 14.9.